The fourth-order valence-corrected chi connectivity index (χ4v) is 2.53. The summed E-state index contributed by atoms with van der Waals surface area (Å²) in [5.41, 5.74) is 0.906. The number of amides is 2. The number of hydrogen-bond acceptors (Lipinski definition) is 3. The van der Waals surface area contributed by atoms with Crippen molar-refractivity contribution in [2.75, 3.05) is 5.32 Å². The van der Waals surface area contributed by atoms with Gasteiger partial charge in [-0.1, -0.05) is 18.2 Å². The molecule has 2 amide bonds. The van der Waals surface area contributed by atoms with Crippen molar-refractivity contribution in [1.29, 1.82) is 0 Å². The second-order valence-electron chi connectivity index (χ2n) is 6.15. The Hall–Kier alpha value is -3.68. The molecule has 0 radical (unpaired) electrons. The number of rotatable bonds is 5. The Kier molecular flexibility index (Phi) is 5.92. The van der Waals surface area contributed by atoms with Crippen LogP contribution in [0.2, 0.25) is 0 Å². The second kappa shape index (κ2) is 8.55. The Morgan fingerprint density at radius 2 is 1.62 bits per heavy atom. The molecule has 29 heavy (non-hydrogen) atoms. The summed E-state index contributed by atoms with van der Waals surface area (Å²) in [6.07, 6.45) is -1.42. The maximum Gasteiger partial charge on any atom is 0.416 e. The molecule has 0 aliphatic heterocycles. The normalized spacial score (nSPS) is 11.0. The minimum absolute atomic E-state index is 0.0727. The molecule has 2 aromatic carbocycles. The van der Waals surface area contributed by atoms with E-state index in [0.717, 1.165) is 12.1 Å². The van der Waals surface area contributed by atoms with Crippen molar-refractivity contribution in [2.24, 2.45) is 0 Å². The van der Waals surface area contributed by atoms with Crippen molar-refractivity contribution in [3.63, 3.8) is 0 Å². The van der Waals surface area contributed by atoms with Gasteiger partial charge in [0.1, 0.15) is 0 Å². The average molecular weight is 399 g/mol. The number of aromatic nitrogens is 1. The van der Waals surface area contributed by atoms with Crippen molar-refractivity contribution in [1.82, 2.24) is 10.3 Å². The number of halogens is 3. The molecule has 0 aliphatic carbocycles. The SMILES string of the molecule is O=C(NCc1ccc(C(F)(F)F)cc1)c1cccc(NC(=O)c2cccnc2)c1. The first-order valence-electron chi connectivity index (χ1n) is 8.59. The predicted octanol–water partition coefficient (Wildman–Crippen LogP) is 4.28. The van der Waals surface area contributed by atoms with Gasteiger partial charge in [0.05, 0.1) is 11.1 Å². The lowest BCUT2D eigenvalue weighted by Gasteiger charge is -2.10. The number of alkyl halides is 3. The molecule has 8 heteroatoms. The summed E-state index contributed by atoms with van der Waals surface area (Å²) < 4.78 is 37.8. The fourth-order valence-electron chi connectivity index (χ4n) is 2.53. The van der Waals surface area contributed by atoms with Crippen molar-refractivity contribution in [2.45, 2.75) is 12.7 Å². The van der Waals surface area contributed by atoms with Gasteiger partial charge in [-0.25, -0.2) is 0 Å². The van der Waals surface area contributed by atoms with E-state index in [1.165, 1.54) is 24.4 Å². The molecule has 0 fully saturated rings. The molecule has 3 aromatic rings. The summed E-state index contributed by atoms with van der Waals surface area (Å²) in [5, 5.41) is 5.32. The largest absolute Gasteiger partial charge is 0.416 e. The topological polar surface area (TPSA) is 71.1 Å². The van der Waals surface area contributed by atoms with E-state index in [1.54, 1.807) is 36.5 Å². The van der Waals surface area contributed by atoms with Crippen LogP contribution in [0, 0.1) is 0 Å². The summed E-state index contributed by atoms with van der Waals surface area (Å²) in [7, 11) is 0. The number of carbonyl (C=O) groups excluding carboxylic acids is 2. The van der Waals surface area contributed by atoms with Crippen molar-refractivity contribution in [3.05, 3.63) is 95.3 Å². The van der Waals surface area contributed by atoms with Crippen LogP contribution in [0.5, 0.6) is 0 Å². The highest BCUT2D eigenvalue weighted by Crippen LogP contribution is 2.29. The maximum absolute atomic E-state index is 12.6. The van der Waals surface area contributed by atoms with Crippen LogP contribution >= 0.6 is 0 Å². The highest BCUT2D eigenvalue weighted by atomic mass is 19.4. The molecule has 2 N–H and O–H groups in total. The molecule has 0 atom stereocenters. The number of anilines is 1. The van der Waals surface area contributed by atoms with Crippen LogP contribution in [0.4, 0.5) is 18.9 Å². The van der Waals surface area contributed by atoms with Crippen molar-refractivity contribution < 1.29 is 22.8 Å². The molecule has 5 nitrogen and oxygen atoms in total. The second-order valence-corrected chi connectivity index (χ2v) is 6.15. The minimum Gasteiger partial charge on any atom is -0.348 e. The monoisotopic (exact) mass is 399 g/mol. The molecule has 0 unspecified atom stereocenters. The molecule has 0 aliphatic rings. The third-order valence-corrected chi connectivity index (χ3v) is 4.04. The van der Waals surface area contributed by atoms with Crippen LogP contribution in [-0.2, 0) is 12.7 Å². The van der Waals surface area contributed by atoms with Gasteiger partial charge >= 0.3 is 6.18 Å². The van der Waals surface area contributed by atoms with Gasteiger partial charge < -0.3 is 10.6 Å². The first-order valence-corrected chi connectivity index (χ1v) is 8.59. The smallest absolute Gasteiger partial charge is 0.348 e. The lowest BCUT2D eigenvalue weighted by Crippen LogP contribution is -2.23. The lowest BCUT2D eigenvalue weighted by molar-refractivity contribution is -0.137. The number of hydrogen-bond donors (Lipinski definition) is 2. The number of carbonyl (C=O) groups is 2. The average Bonchev–Trinajstić information content (AvgIpc) is 2.72. The van der Waals surface area contributed by atoms with E-state index in [0.29, 0.717) is 22.4 Å². The number of pyridine rings is 1. The van der Waals surface area contributed by atoms with Crippen LogP contribution in [0.3, 0.4) is 0 Å². The van der Waals surface area contributed by atoms with E-state index >= 15 is 0 Å². The number of nitrogens with one attached hydrogen (secondary N) is 2. The summed E-state index contributed by atoms with van der Waals surface area (Å²) in [4.78, 5) is 28.4. The van der Waals surface area contributed by atoms with Gasteiger partial charge in [-0.05, 0) is 48.0 Å². The lowest BCUT2D eigenvalue weighted by atomic mass is 10.1. The van der Waals surface area contributed by atoms with Crippen LogP contribution in [0.1, 0.15) is 31.8 Å². The molecular weight excluding hydrogens is 383 g/mol. The quantitative estimate of drug-likeness (QED) is 0.673. The Bertz CT molecular complexity index is 1000. The molecule has 1 aromatic heterocycles. The van der Waals surface area contributed by atoms with E-state index in [-0.39, 0.29) is 12.5 Å². The summed E-state index contributed by atoms with van der Waals surface area (Å²) >= 11 is 0. The fraction of sp³-hybridized carbons (Fsp3) is 0.0952. The zero-order valence-electron chi connectivity index (χ0n) is 15.0. The molecule has 0 saturated heterocycles. The Balaban J connectivity index is 1.61. The molecule has 1 heterocycles. The molecule has 0 spiro atoms. The number of benzene rings is 2. The summed E-state index contributed by atoms with van der Waals surface area (Å²) in [6.45, 7) is 0.0727. The summed E-state index contributed by atoms with van der Waals surface area (Å²) in [6, 6.07) is 14.2. The van der Waals surface area contributed by atoms with Gasteiger partial charge in [-0.15, -0.1) is 0 Å². The van der Waals surface area contributed by atoms with E-state index in [1.807, 2.05) is 0 Å². The predicted molar refractivity (Wildman–Crippen MR) is 101 cm³/mol. The molecule has 0 bridgehead atoms. The van der Waals surface area contributed by atoms with Crippen LogP contribution < -0.4 is 10.6 Å². The maximum atomic E-state index is 12.6. The van der Waals surface area contributed by atoms with Gasteiger partial charge in [-0.2, -0.15) is 13.2 Å². The third kappa shape index (κ3) is 5.41. The Labute approximate surface area is 164 Å². The highest BCUT2D eigenvalue weighted by Gasteiger charge is 2.29. The molecule has 0 saturated carbocycles. The highest BCUT2D eigenvalue weighted by molar-refractivity contribution is 6.04. The van der Waals surface area contributed by atoms with E-state index in [2.05, 4.69) is 15.6 Å². The molecule has 148 valence electrons. The third-order valence-electron chi connectivity index (χ3n) is 4.04. The molecular formula is C21H16F3N3O2. The molecule has 3 rings (SSSR count). The van der Waals surface area contributed by atoms with Crippen LogP contribution in [0.25, 0.3) is 0 Å². The minimum atomic E-state index is -4.40. The van der Waals surface area contributed by atoms with Gasteiger partial charge in [0.25, 0.3) is 11.8 Å². The van der Waals surface area contributed by atoms with Gasteiger partial charge in [-0.3, -0.25) is 14.6 Å². The van der Waals surface area contributed by atoms with E-state index in [9.17, 15) is 22.8 Å². The van der Waals surface area contributed by atoms with Gasteiger partial charge in [0.2, 0.25) is 0 Å². The van der Waals surface area contributed by atoms with Gasteiger partial charge in [0, 0.05) is 30.2 Å². The van der Waals surface area contributed by atoms with Crippen molar-refractivity contribution >= 4 is 17.5 Å². The van der Waals surface area contributed by atoms with E-state index in [4.69, 9.17) is 0 Å². The first-order chi connectivity index (χ1) is 13.8. The zero-order valence-corrected chi connectivity index (χ0v) is 15.0. The first kappa shape index (κ1) is 20.1. The van der Waals surface area contributed by atoms with Gasteiger partial charge in [0.15, 0.2) is 0 Å². The van der Waals surface area contributed by atoms with Crippen LogP contribution in [0.15, 0.2) is 73.1 Å². The Morgan fingerprint density at radius 3 is 2.28 bits per heavy atom. The Morgan fingerprint density at radius 1 is 0.897 bits per heavy atom. The van der Waals surface area contributed by atoms with Crippen molar-refractivity contribution in [3.8, 4) is 0 Å². The zero-order chi connectivity index (χ0) is 20.9. The summed E-state index contributed by atoms with van der Waals surface area (Å²) in [5.74, 6) is -0.775. The van der Waals surface area contributed by atoms with Crippen LogP contribution in [-0.4, -0.2) is 16.8 Å². The van der Waals surface area contributed by atoms with E-state index < -0.39 is 17.6 Å². The number of nitrogens with zero attached hydrogens (tertiary/aromatic N) is 1. The standard InChI is InChI=1S/C21H16F3N3O2/c22-21(23,24)17-8-6-14(7-9-17)12-26-19(28)15-3-1-5-18(11-15)27-20(29)16-4-2-10-25-13-16/h1-11,13H,12H2,(H,26,28)(H,27,29).